The molecule has 2 aromatic rings. The molecule has 0 saturated carbocycles. The number of fused-ring (bicyclic) bond motifs is 1. The highest BCUT2D eigenvalue weighted by molar-refractivity contribution is 5.68. The van der Waals surface area contributed by atoms with Crippen LogP contribution in [0.15, 0.2) is 48.8 Å². The number of hydrogen-bond donors (Lipinski definition) is 1. The number of anilines is 1. The van der Waals surface area contributed by atoms with Gasteiger partial charge in [-0.05, 0) is 29.7 Å². The van der Waals surface area contributed by atoms with Crippen LogP contribution in [-0.2, 0) is 17.6 Å². The van der Waals surface area contributed by atoms with Gasteiger partial charge in [0.1, 0.15) is 6.10 Å². The Morgan fingerprint density at radius 2 is 1.86 bits per heavy atom. The monoisotopic (exact) mass is 387 g/mol. The molecule has 1 aromatic heterocycles. The van der Waals surface area contributed by atoms with Crippen molar-refractivity contribution in [3.05, 3.63) is 59.9 Å². The third-order valence-corrected chi connectivity index (χ3v) is 5.52. The number of pyridine rings is 1. The minimum absolute atomic E-state index is 0.151. The van der Waals surface area contributed by atoms with Gasteiger partial charge in [-0.25, -0.2) is 13.6 Å². The van der Waals surface area contributed by atoms with E-state index in [9.17, 15) is 13.6 Å². The van der Waals surface area contributed by atoms with Crippen LogP contribution in [-0.4, -0.2) is 47.6 Å². The first-order valence-electron chi connectivity index (χ1n) is 9.55. The van der Waals surface area contributed by atoms with Crippen LogP contribution >= 0.6 is 0 Å². The topological polar surface area (TPSA) is 54.5 Å². The van der Waals surface area contributed by atoms with Crippen LogP contribution in [0.2, 0.25) is 0 Å². The third-order valence-electron chi connectivity index (χ3n) is 5.52. The molecule has 28 heavy (non-hydrogen) atoms. The molecule has 4 rings (SSSR count). The fourth-order valence-corrected chi connectivity index (χ4v) is 3.92. The molecule has 5 nitrogen and oxygen atoms in total. The molecule has 0 spiro atoms. The Balaban J connectivity index is 1.30. The Hall–Kier alpha value is -2.70. The molecule has 1 amide bonds. The van der Waals surface area contributed by atoms with Crippen molar-refractivity contribution in [2.24, 2.45) is 5.92 Å². The number of nitrogens with zero attached hydrogens (tertiary/aromatic N) is 2. The van der Waals surface area contributed by atoms with Gasteiger partial charge in [-0.15, -0.1) is 0 Å². The smallest absolute Gasteiger partial charge is 0.410 e. The van der Waals surface area contributed by atoms with Crippen molar-refractivity contribution >= 4 is 11.8 Å². The molecule has 7 heteroatoms. The SMILES string of the molecule is O=C(OC1Cc2ccccc2C1)N1CC[C@H](CNc2ccncc2)C(F)(F)C1. The average Bonchev–Trinajstić information content (AvgIpc) is 3.09. The van der Waals surface area contributed by atoms with Gasteiger partial charge in [0.2, 0.25) is 0 Å². The summed E-state index contributed by atoms with van der Waals surface area (Å²) in [6, 6.07) is 11.4. The number of likely N-dealkylation sites (tertiary alicyclic amines) is 1. The number of nitrogens with one attached hydrogen (secondary N) is 1. The summed E-state index contributed by atoms with van der Waals surface area (Å²) >= 11 is 0. The van der Waals surface area contributed by atoms with Gasteiger partial charge >= 0.3 is 6.09 Å². The molecular formula is C21H23F2N3O2. The number of aromatic nitrogens is 1. The maximum absolute atomic E-state index is 14.6. The van der Waals surface area contributed by atoms with Crippen molar-refractivity contribution in [2.75, 3.05) is 25.0 Å². The zero-order chi connectivity index (χ0) is 19.6. The van der Waals surface area contributed by atoms with E-state index in [-0.39, 0.29) is 25.6 Å². The van der Waals surface area contributed by atoms with Crippen LogP contribution in [0.5, 0.6) is 0 Å². The van der Waals surface area contributed by atoms with Crippen molar-refractivity contribution in [3.8, 4) is 0 Å². The summed E-state index contributed by atoms with van der Waals surface area (Å²) in [5, 5.41) is 3.03. The minimum Gasteiger partial charge on any atom is -0.445 e. The summed E-state index contributed by atoms with van der Waals surface area (Å²) in [4.78, 5) is 17.5. The number of ether oxygens (including phenoxy) is 1. The number of benzene rings is 1. The fraction of sp³-hybridized carbons (Fsp3) is 0.429. The predicted octanol–water partition coefficient (Wildman–Crippen LogP) is 3.75. The Labute approximate surface area is 162 Å². The maximum atomic E-state index is 14.6. The molecular weight excluding hydrogens is 364 g/mol. The molecule has 0 bridgehead atoms. The zero-order valence-electron chi connectivity index (χ0n) is 15.5. The molecule has 0 radical (unpaired) electrons. The van der Waals surface area contributed by atoms with Gasteiger partial charge in [-0.1, -0.05) is 24.3 Å². The highest BCUT2D eigenvalue weighted by Crippen LogP contribution is 2.34. The predicted molar refractivity (Wildman–Crippen MR) is 101 cm³/mol. The number of amides is 1. The van der Waals surface area contributed by atoms with Crippen LogP contribution in [0.1, 0.15) is 17.5 Å². The number of carbonyl (C=O) groups is 1. The first-order valence-corrected chi connectivity index (χ1v) is 9.55. The van der Waals surface area contributed by atoms with Gasteiger partial charge in [0.15, 0.2) is 0 Å². The van der Waals surface area contributed by atoms with E-state index in [1.54, 1.807) is 24.5 Å². The summed E-state index contributed by atoms with van der Waals surface area (Å²) in [6.07, 6.45) is 3.82. The lowest BCUT2D eigenvalue weighted by atomic mass is 9.93. The first kappa shape index (κ1) is 18.7. The number of rotatable bonds is 4. The van der Waals surface area contributed by atoms with Gasteiger partial charge in [-0.3, -0.25) is 4.98 Å². The summed E-state index contributed by atoms with van der Waals surface area (Å²) in [7, 11) is 0. The average molecular weight is 387 g/mol. The summed E-state index contributed by atoms with van der Waals surface area (Å²) in [5.74, 6) is -3.80. The largest absolute Gasteiger partial charge is 0.445 e. The second-order valence-electron chi connectivity index (χ2n) is 7.47. The highest BCUT2D eigenvalue weighted by atomic mass is 19.3. The number of alkyl halides is 2. The molecule has 2 heterocycles. The number of hydrogen-bond acceptors (Lipinski definition) is 4. The van der Waals surface area contributed by atoms with Gasteiger partial charge in [0, 0.05) is 49.9 Å². The molecule has 1 saturated heterocycles. The maximum Gasteiger partial charge on any atom is 0.410 e. The van der Waals surface area contributed by atoms with E-state index in [4.69, 9.17) is 4.74 Å². The van der Waals surface area contributed by atoms with Crippen molar-refractivity contribution < 1.29 is 18.3 Å². The highest BCUT2D eigenvalue weighted by Gasteiger charge is 2.46. The lowest BCUT2D eigenvalue weighted by molar-refractivity contribution is -0.103. The van der Waals surface area contributed by atoms with E-state index < -0.39 is 24.5 Å². The van der Waals surface area contributed by atoms with Gasteiger partial charge < -0.3 is 15.0 Å². The lowest BCUT2D eigenvalue weighted by Crippen LogP contribution is -2.53. The minimum atomic E-state index is -2.96. The van der Waals surface area contributed by atoms with Gasteiger partial charge in [-0.2, -0.15) is 0 Å². The molecule has 1 atom stereocenters. The zero-order valence-corrected chi connectivity index (χ0v) is 15.5. The Morgan fingerprint density at radius 3 is 2.50 bits per heavy atom. The van der Waals surface area contributed by atoms with E-state index in [2.05, 4.69) is 10.3 Å². The van der Waals surface area contributed by atoms with Gasteiger partial charge in [0.25, 0.3) is 5.92 Å². The summed E-state index contributed by atoms with van der Waals surface area (Å²) in [6.45, 7) is -0.178. The number of halogens is 2. The van der Waals surface area contributed by atoms with Crippen LogP contribution in [0.3, 0.4) is 0 Å². The number of carbonyl (C=O) groups excluding carboxylic acids is 1. The third kappa shape index (κ3) is 4.08. The Morgan fingerprint density at radius 1 is 1.18 bits per heavy atom. The normalized spacial score (nSPS) is 21.2. The van der Waals surface area contributed by atoms with Crippen LogP contribution < -0.4 is 5.32 Å². The van der Waals surface area contributed by atoms with E-state index in [0.717, 1.165) is 21.7 Å². The molecule has 1 aliphatic carbocycles. The van der Waals surface area contributed by atoms with E-state index >= 15 is 0 Å². The van der Waals surface area contributed by atoms with Crippen molar-refractivity contribution in [2.45, 2.75) is 31.3 Å². The lowest BCUT2D eigenvalue weighted by Gasteiger charge is -2.38. The van der Waals surface area contributed by atoms with Crippen LogP contribution in [0, 0.1) is 5.92 Å². The molecule has 1 aliphatic heterocycles. The van der Waals surface area contributed by atoms with Crippen LogP contribution in [0.4, 0.5) is 19.3 Å². The summed E-state index contributed by atoms with van der Waals surface area (Å²) < 4.78 is 34.7. The van der Waals surface area contributed by atoms with Crippen molar-refractivity contribution in [1.82, 2.24) is 9.88 Å². The van der Waals surface area contributed by atoms with E-state index in [1.165, 1.54) is 0 Å². The van der Waals surface area contributed by atoms with Crippen molar-refractivity contribution in [1.29, 1.82) is 0 Å². The summed E-state index contributed by atoms with van der Waals surface area (Å²) in [5.41, 5.74) is 3.08. The van der Waals surface area contributed by atoms with Gasteiger partial charge in [0.05, 0.1) is 6.54 Å². The Bertz CT molecular complexity index is 806. The molecule has 1 N–H and O–H groups in total. The molecule has 2 aliphatic rings. The molecule has 1 fully saturated rings. The fourth-order valence-electron chi connectivity index (χ4n) is 3.92. The molecule has 0 unspecified atom stereocenters. The van der Waals surface area contributed by atoms with E-state index in [0.29, 0.717) is 12.8 Å². The quantitative estimate of drug-likeness (QED) is 0.868. The van der Waals surface area contributed by atoms with Crippen molar-refractivity contribution in [3.63, 3.8) is 0 Å². The Kier molecular flexibility index (Phi) is 5.15. The number of piperidine rings is 1. The van der Waals surface area contributed by atoms with Crippen LogP contribution in [0.25, 0.3) is 0 Å². The first-order chi connectivity index (χ1) is 13.5. The second-order valence-corrected chi connectivity index (χ2v) is 7.47. The molecule has 148 valence electrons. The second kappa shape index (κ2) is 7.73. The standard InChI is InChI=1S/C21H23F2N3O2/c22-21(23)14-26(10-7-17(21)13-25-18-5-8-24-9-6-18)20(27)28-19-11-15-3-1-2-4-16(15)12-19/h1-6,8-9,17,19H,7,10-14H2,(H,24,25)/t17-/m1/s1. The van der Waals surface area contributed by atoms with E-state index in [1.807, 2.05) is 24.3 Å². The molecule has 1 aromatic carbocycles.